The molecule has 2 nitrogen and oxygen atoms in total. The molecule has 21 heavy (non-hydrogen) atoms. The van der Waals surface area contributed by atoms with Crippen LogP contribution < -0.4 is 5.73 Å². The van der Waals surface area contributed by atoms with E-state index in [9.17, 15) is 0 Å². The Balaban J connectivity index is 1.66. The second-order valence-electron chi connectivity index (χ2n) is 9.23. The first-order chi connectivity index (χ1) is 9.78. The van der Waals surface area contributed by atoms with Gasteiger partial charge in [-0.15, -0.1) is 0 Å². The van der Waals surface area contributed by atoms with Gasteiger partial charge >= 0.3 is 0 Å². The van der Waals surface area contributed by atoms with E-state index in [-0.39, 0.29) is 11.2 Å². The van der Waals surface area contributed by atoms with Crippen LogP contribution in [0.1, 0.15) is 79.1 Å². The lowest BCUT2D eigenvalue weighted by Gasteiger charge is -2.43. The highest BCUT2D eigenvalue weighted by atomic mass is 16.5. The molecule has 0 amide bonds. The summed E-state index contributed by atoms with van der Waals surface area (Å²) in [7, 11) is 0. The summed E-state index contributed by atoms with van der Waals surface area (Å²) in [6.45, 7) is 8.94. The summed E-state index contributed by atoms with van der Waals surface area (Å²) in [5.41, 5.74) is 6.72. The largest absolute Gasteiger partial charge is 0.369 e. The molecule has 1 saturated heterocycles. The van der Waals surface area contributed by atoms with E-state index >= 15 is 0 Å². The van der Waals surface area contributed by atoms with Gasteiger partial charge in [-0.2, -0.15) is 0 Å². The van der Waals surface area contributed by atoms with Crippen molar-refractivity contribution in [2.75, 3.05) is 0 Å². The Morgan fingerprint density at radius 3 is 2.24 bits per heavy atom. The lowest BCUT2D eigenvalue weighted by atomic mass is 9.63. The summed E-state index contributed by atoms with van der Waals surface area (Å²) >= 11 is 0. The van der Waals surface area contributed by atoms with Gasteiger partial charge < -0.3 is 10.5 Å². The van der Waals surface area contributed by atoms with Crippen molar-refractivity contribution in [3.8, 4) is 0 Å². The monoisotopic (exact) mass is 293 g/mol. The van der Waals surface area contributed by atoms with Gasteiger partial charge in [0.15, 0.2) is 0 Å². The van der Waals surface area contributed by atoms with E-state index in [2.05, 4.69) is 27.7 Å². The standard InChI is InChI=1S/C19H35NO/c1-18(2)12-16(19(3,4)21-18)17(20)15-10-9-13-7-5-6-8-14(13)11-15/h13-17H,5-12,20H2,1-4H3. The number of ether oxygens (including phenoxy) is 1. The fourth-order valence-electron chi connectivity index (χ4n) is 5.79. The molecule has 5 atom stereocenters. The van der Waals surface area contributed by atoms with Crippen LogP contribution in [0.25, 0.3) is 0 Å². The quantitative estimate of drug-likeness (QED) is 0.812. The van der Waals surface area contributed by atoms with Crippen molar-refractivity contribution in [2.45, 2.75) is 96.3 Å². The summed E-state index contributed by atoms with van der Waals surface area (Å²) < 4.78 is 6.29. The highest BCUT2D eigenvalue weighted by molar-refractivity contribution is 5.01. The maximum absolute atomic E-state index is 6.79. The van der Waals surface area contributed by atoms with Gasteiger partial charge in [-0.05, 0) is 71.1 Å². The lowest BCUT2D eigenvalue weighted by molar-refractivity contribution is -0.0794. The third-order valence-electron chi connectivity index (χ3n) is 6.73. The van der Waals surface area contributed by atoms with Crippen LogP contribution in [-0.4, -0.2) is 17.2 Å². The van der Waals surface area contributed by atoms with Crippen LogP contribution in [0, 0.1) is 23.7 Å². The van der Waals surface area contributed by atoms with E-state index in [1.54, 1.807) is 0 Å². The van der Waals surface area contributed by atoms with Crippen LogP contribution in [0.2, 0.25) is 0 Å². The first-order valence-corrected chi connectivity index (χ1v) is 9.24. The fourth-order valence-corrected chi connectivity index (χ4v) is 5.79. The molecule has 1 aliphatic heterocycles. The molecule has 0 aromatic rings. The van der Waals surface area contributed by atoms with Crippen LogP contribution in [0.3, 0.4) is 0 Å². The van der Waals surface area contributed by atoms with E-state index in [1.807, 2.05) is 0 Å². The van der Waals surface area contributed by atoms with Crippen molar-refractivity contribution in [3.05, 3.63) is 0 Å². The molecular formula is C19H35NO. The van der Waals surface area contributed by atoms with Gasteiger partial charge in [-0.25, -0.2) is 0 Å². The van der Waals surface area contributed by atoms with Gasteiger partial charge in [0.05, 0.1) is 11.2 Å². The van der Waals surface area contributed by atoms with Gasteiger partial charge in [-0.3, -0.25) is 0 Å². The van der Waals surface area contributed by atoms with Crippen LogP contribution >= 0.6 is 0 Å². The van der Waals surface area contributed by atoms with Crippen LogP contribution in [-0.2, 0) is 4.74 Å². The first-order valence-electron chi connectivity index (χ1n) is 9.24. The molecule has 0 aromatic carbocycles. The molecule has 3 aliphatic rings. The van der Waals surface area contributed by atoms with Crippen molar-refractivity contribution >= 4 is 0 Å². The SMILES string of the molecule is CC1(C)CC(C(N)C2CCC3CCCCC3C2)C(C)(C)O1. The molecule has 0 spiro atoms. The topological polar surface area (TPSA) is 35.2 Å². The Hall–Kier alpha value is -0.0800. The molecule has 0 aromatic heterocycles. The number of hydrogen-bond acceptors (Lipinski definition) is 2. The zero-order valence-electron chi connectivity index (χ0n) is 14.5. The second kappa shape index (κ2) is 5.53. The van der Waals surface area contributed by atoms with Gasteiger partial charge in [0.25, 0.3) is 0 Å². The molecule has 0 bridgehead atoms. The van der Waals surface area contributed by atoms with Gasteiger partial charge in [-0.1, -0.05) is 25.7 Å². The fraction of sp³-hybridized carbons (Fsp3) is 1.00. The highest BCUT2D eigenvalue weighted by Gasteiger charge is 2.50. The zero-order chi connectivity index (χ0) is 15.3. The third-order valence-corrected chi connectivity index (χ3v) is 6.73. The Kier molecular flexibility index (Phi) is 4.16. The maximum Gasteiger partial charge on any atom is 0.0677 e. The van der Waals surface area contributed by atoms with E-state index in [0.717, 1.165) is 24.2 Å². The number of rotatable bonds is 2. The Morgan fingerprint density at radius 2 is 1.62 bits per heavy atom. The first kappa shape index (κ1) is 15.8. The molecule has 122 valence electrons. The average Bonchev–Trinajstić information content (AvgIpc) is 2.65. The molecule has 2 heteroatoms. The molecule has 2 saturated carbocycles. The maximum atomic E-state index is 6.79. The normalized spacial score (nSPS) is 43.3. The van der Waals surface area contributed by atoms with E-state index in [4.69, 9.17) is 10.5 Å². The number of nitrogens with two attached hydrogens (primary N) is 1. The molecule has 2 N–H and O–H groups in total. The second-order valence-corrected chi connectivity index (χ2v) is 9.23. The summed E-state index contributed by atoms with van der Waals surface area (Å²) in [5.74, 6) is 3.23. The molecule has 0 radical (unpaired) electrons. The van der Waals surface area contributed by atoms with Crippen molar-refractivity contribution in [3.63, 3.8) is 0 Å². The summed E-state index contributed by atoms with van der Waals surface area (Å²) in [6.07, 6.45) is 11.2. The van der Waals surface area contributed by atoms with E-state index in [0.29, 0.717) is 12.0 Å². The Morgan fingerprint density at radius 1 is 0.952 bits per heavy atom. The Labute approximate surface area is 131 Å². The summed E-state index contributed by atoms with van der Waals surface area (Å²) in [4.78, 5) is 0. The van der Waals surface area contributed by atoms with Gasteiger partial charge in [0, 0.05) is 12.0 Å². The molecule has 3 rings (SSSR count). The minimum atomic E-state index is -0.0632. The molecular weight excluding hydrogens is 258 g/mol. The average molecular weight is 293 g/mol. The minimum absolute atomic E-state index is 0.00612. The summed E-state index contributed by atoms with van der Waals surface area (Å²) in [6, 6.07) is 0.324. The zero-order valence-corrected chi connectivity index (χ0v) is 14.5. The number of hydrogen-bond donors (Lipinski definition) is 1. The minimum Gasteiger partial charge on any atom is -0.369 e. The van der Waals surface area contributed by atoms with Gasteiger partial charge in [0.1, 0.15) is 0 Å². The highest BCUT2D eigenvalue weighted by Crippen LogP contribution is 2.49. The predicted molar refractivity (Wildman–Crippen MR) is 88.1 cm³/mol. The van der Waals surface area contributed by atoms with Crippen molar-refractivity contribution in [1.29, 1.82) is 0 Å². The molecule has 2 aliphatic carbocycles. The molecule has 5 unspecified atom stereocenters. The predicted octanol–water partition coefficient (Wildman–Crippen LogP) is 4.51. The van der Waals surface area contributed by atoms with Crippen LogP contribution in [0.5, 0.6) is 0 Å². The summed E-state index contributed by atoms with van der Waals surface area (Å²) in [5, 5.41) is 0. The Bertz CT molecular complexity index is 376. The van der Waals surface area contributed by atoms with E-state index in [1.165, 1.54) is 44.9 Å². The smallest absolute Gasteiger partial charge is 0.0677 e. The van der Waals surface area contributed by atoms with Crippen molar-refractivity contribution in [2.24, 2.45) is 29.4 Å². The van der Waals surface area contributed by atoms with Crippen LogP contribution in [0.15, 0.2) is 0 Å². The van der Waals surface area contributed by atoms with E-state index < -0.39 is 0 Å². The molecule has 1 heterocycles. The third kappa shape index (κ3) is 3.17. The van der Waals surface area contributed by atoms with Crippen molar-refractivity contribution < 1.29 is 4.74 Å². The lowest BCUT2D eigenvalue weighted by Crippen LogP contribution is -2.47. The van der Waals surface area contributed by atoms with Crippen LogP contribution in [0.4, 0.5) is 0 Å². The molecule has 3 fully saturated rings. The van der Waals surface area contributed by atoms with Gasteiger partial charge in [0.2, 0.25) is 0 Å². The number of fused-ring (bicyclic) bond motifs is 1. The van der Waals surface area contributed by atoms with Crippen molar-refractivity contribution in [1.82, 2.24) is 0 Å².